The first-order valence-corrected chi connectivity index (χ1v) is 11.8. The van der Waals surface area contributed by atoms with Crippen molar-refractivity contribution in [2.45, 2.75) is 12.6 Å². The summed E-state index contributed by atoms with van der Waals surface area (Å²) in [5.41, 5.74) is 1.50. The van der Waals surface area contributed by atoms with Crippen LogP contribution in [0.2, 0.25) is 0 Å². The third-order valence-electron chi connectivity index (χ3n) is 6.13. The van der Waals surface area contributed by atoms with E-state index in [-0.39, 0.29) is 34.6 Å². The van der Waals surface area contributed by atoms with E-state index < -0.39 is 11.7 Å². The van der Waals surface area contributed by atoms with Crippen LogP contribution in [-0.2, 0) is 17.4 Å². The fraction of sp³-hybridized carbons (Fsp3) is 0.0645. The number of para-hydroxylation sites is 1. The van der Waals surface area contributed by atoms with Crippen molar-refractivity contribution in [3.8, 4) is 11.1 Å². The van der Waals surface area contributed by atoms with Gasteiger partial charge in [0.05, 0.1) is 17.5 Å². The molecule has 0 radical (unpaired) electrons. The summed E-state index contributed by atoms with van der Waals surface area (Å²) in [6, 6.07) is 28.3. The van der Waals surface area contributed by atoms with E-state index in [1.165, 1.54) is 18.3 Å². The Balaban J connectivity index is 1.62. The molecule has 188 valence electrons. The van der Waals surface area contributed by atoms with E-state index in [4.69, 9.17) is 0 Å². The predicted octanol–water partition coefficient (Wildman–Crippen LogP) is 7.33. The van der Waals surface area contributed by atoms with Crippen molar-refractivity contribution in [1.29, 1.82) is 0 Å². The quantitative estimate of drug-likeness (QED) is 0.243. The molecule has 0 aliphatic rings. The van der Waals surface area contributed by atoms with E-state index in [1.807, 2.05) is 30.3 Å². The molecule has 5 aromatic rings. The number of anilines is 1. The third-order valence-corrected chi connectivity index (χ3v) is 6.13. The maximum atomic E-state index is 13.8. The zero-order chi connectivity index (χ0) is 26.7. The lowest BCUT2D eigenvalue weighted by Gasteiger charge is -2.16. The number of alkyl halides is 3. The number of fused-ring (bicyclic) bond motifs is 1. The predicted molar refractivity (Wildman–Crippen MR) is 141 cm³/mol. The van der Waals surface area contributed by atoms with Gasteiger partial charge in [0.2, 0.25) is 5.91 Å². The minimum atomic E-state index is -4.62. The number of benzene rings is 4. The SMILES string of the molecule is O=C(Cc1ccccc1)Nc1cccc(-c2c(C(=O)c3ccccc3)cnc3c(C(F)(F)F)cccc23)c1. The maximum absolute atomic E-state index is 13.8. The second-order valence-corrected chi connectivity index (χ2v) is 8.73. The van der Waals surface area contributed by atoms with Gasteiger partial charge in [-0.25, -0.2) is 0 Å². The Bertz CT molecular complexity index is 1630. The minimum Gasteiger partial charge on any atom is -0.326 e. The summed E-state index contributed by atoms with van der Waals surface area (Å²) in [4.78, 5) is 30.2. The van der Waals surface area contributed by atoms with Crippen LogP contribution >= 0.6 is 0 Å². The highest BCUT2D eigenvalue weighted by Gasteiger charge is 2.34. The maximum Gasteiger partial charge on any atom is 0.418 e. The van der Waals surface area contributed by atoms with Gasteiger partial charge in [-0.15, -0.1) is 0 Å². The number of aromatic nitrogens is 1. The van der Waals surface area contributed by atoms with Crippen LogP contribution in [0.1, 0.15) is 27.0 Å². The molecule has 5 rings (SSSR count). The molecule has 0 atom stereocenters. The Labute approximate surface area is 216 Å². The number of rotatable bonds is 6. The Morgan fingerprint density at radius 1 is 0.789 bits per heavy atom. The van der Waals surface area contributed by atoms with Crippen LogP contribution in [0, 0.1) is 0 Å². The van der Waals surface area contributed by atoms with Crippen LogP contribution in [0.15, 0.2) is 109 Å². The second kappa shape index (κ2) is 10.3. The van der Waals surface area contributed by atoms with E-state index in [2.05, 4.69) is 10.3 Å². The van der Waals surface area contributed by atoms with E-state index in [1.54, 1.807) is 54.6 Å². The summed E-state index contributed by atoms with van der Waals surface area (Å²) in [6.07, 6.45) is -3.26. The van der Waals surface area contributed by atoms with Gasteiger partial charge < -0.3 is 5.32 Å². The highest BCUT2D eigenvalue weighted by molar-refractivity contribution is 6.17. The Morgan fingerprint density at radius 3 is 2.18 bits per heavy atom. The smallest absolute Gasteiger partial charge is 0.326 e. The Morgan fingerprint density at radius 2 is 1.47 bits per heavy atom. The monoisotopic (exact) mass is 510 g/mol. The van der Waals surface area contributed by atoms with Crippen molar-refractivity contribution >= 4 is 28.3 Å². The lowest BCUT2D eigenvalue weighted by Crippen LogP contribution is -2.14. The summed E-state index contributed by atoms with van der Waals surface area (Å²) in [5, 5.41) is 3.03. The molecule has 0 unspecified atom stereocenters. The van der Waals surface area contributed by atoms with Gasteiger partial charge in [0.15, 0.2) is 5.78 Å². The first-order chi connectivity index (χ1) is 18.3. The number of nitrogens with zero attached hydrogens (tertiary/aromatic N) is 1. The molecule has 1 heterocycles. The molecule has 0 bridgehead atoms. The van der Waals surface area contributed by atoms with Crippen molar-refractivity contribution < 1.29 is 22.8 Å². The minimum absolute atomic E-state index is 0.163. The Kier molecular flexibility index (Phi) is 6.75. The number of amides is 1. The topological polar surface area (TPSA) is 59.1 Å². The average molecular weight is 511 g/mol. The largest absolute Gasteiger partial charge is 0.418 e. The standard InChI is InChI=1S/C31H21F3N2O2/c32-31(33,34)26-16-8-15-24-28(25(19-35-29(24)26)30(38)21-11-5-2-6-12-21)22-13-7-14-23(18-22)36-27(37)17-20-9-3-1-4-10-20/h1-16,18-19H,17H2,(H,36,37). The first kappa shape index (κ1) is 24.9. The lowest BCUT2D eigenvalue weighted by atomic mass is 9.91. The first-order valence-electron chi connectivity index (χ1n) is 11.8. The fourth-order valence-corrected chi connectivity index (χ4v) is 4.42. The summed E-state index contributed by atoms with van der Waals surface area (Å²) < 4.78 is 41.4. The summed E-state index contributed by atoms with van der Waals surface area (Å²) in [6.45, 7) is 0. The van der Waals surface area contributed by atoms with Gasteiger partial charge in [-0.05, 0) is 29.3 Å². The molecule has 7 heteroatoms. The summed E-state index contributed by atoms with van der Waals surface area (Å²) in [5.74, 6) is -0.612. The van der Waals surface area contributed by atoms with Gasteiger partial charge in [0.25, 0.3) is 0 Å². The highest BCUT2D eigenvalue weighted by atomic mass is 19.4. The fourth-order valence-electron chi connectivity index (χ4n) is 4.42. The molecule has 1 amide bonds. The van der Waals surface area contributed by atoms with E-state index >= 15 is 0 Å². The number of halogens is 3. The number of nitrogens with one attached hydrogen (secondary N) is 1. The summed E-state index contributed by atoms with van der Waals surface area (Å²) >= 11 is 0. The molecule has 1 aromatic heterocycles. The van der Waals surface area contributed by atoms with Crippen molar-refractivity contribution in [1.82, 2.24) is 4.98 Å². The van der Waals surface area contributed by atoms with E-state index in [0.29, 0.717) is 22.4 Å². The van der Waals surface area contributed by atoms with Crippen LogP contribution in [0.5, 0.6) is 0 Å². The zero-order valence-corrected chi connectivity index (χ0v) is 20.0. The highest BCUT2D eigenvalue weighted by Crippen LogP contribution is 2.39. The molecule has 0 fully saturated rings. The molecule has 0 saturated carbocycles. The molecular formula is C31H21F3N2O2. The molecule has 0 aliphatic carbocycles. The van der Waals surface area contributed by atoms with Crippen molar-refractivity contribution in [2.75, 3.05) is 5.32 Å². The van der Waals surface area contributed by atoms with Gasteiger partial charge >= 0.3 is 6.18 Å². The number of hydrogen-bond acceptors (Lipinski definition) is 3. The second-order valence-electron chi connectivity index (χ2n) is 8.73. The van der Waals surface area contributed by atoms with E-state index in [9.17, 15) is 22.8 Å². The van der Waals surface area contributed by atoms with Crippen LogP contribution in [0.25, 0.3) is 22.0 Å². The van der Waals surface area contributed by atoms with Crippen molar-refractivity contribution in [3.05, 3.63) is 132 Å². The molecule has 4 aromatic carbocycles. The van der Waals surface area contributed by atoms with Crippen LogP contribution in [0.4, 0.5) is 18.9 Å². The average Bonchev–Trinajstić information content (AvgIpc) is 2.92. The number of ketones is 1. The van der Waals surface area contributed by atoms with Gasteiger partial charge in [0, 0.05) is 34.0 Å². The normalized spacial score (nSPS) is 11.3. The molecule has 0 aliphatic heterocycles. The van der Waals surface area contributed by atoms with Gasteiger partial charge in [0.1, 0.15) is 0 Å². The molecule has 1 N–H and O–H groups in total. The summed E-state index contributed by atoms with van der Waals surface area (Å²) in [7, 11) is 0. The molecule has 38 heavy (non-hydrogen) atoms. The van der Waals surface area contributed by atoms with Gasteiger partial charge in [-0.3, -0.25) is 14.6 Å². The van der Waals surface area contributed by atoms with Crippen LogP contribution in [0.3, 0.4) is 0 Å². The van der Waals surface area contributed by atoms with Crippen molar-refractivity contribution in [3.63, 3.8) is 0 Å². The zero-order valence-electron chi connectivity index (χ0n) is 20.0. The molecule has 0 spiro atoms. The number of hydrogen-bond donors (Lipinski definition) is 1. The number of carbonyl (C=O) groups is 2. The molecular weight excluding hydrogens is 489 g/mol. The third kappa shape index (κ3) is 5.18. The van der Waals surface area contributed by atoms with Gasteiger partial charge in [-0.1, -0.05) is 84.9 Å². The number of pyridine rings is 1. The molecule has 0 saturated heterocycles. The Hall–Kier alpha value is -4.78. The molecule has 4 nitrogen and oxygen atoms in total. The van der Waals surface area contributed by atoms with E-state index in [0.717, 1.165) is 11.6 Å². The van der Waals surface area contributed by atoms with Crippen molar-refractivity contribution in [2.24, 2.45) is 0 Å². The van der Waals surface area contributed by atoms with Crippen LogP contribution in [-0.4, -0.2) is 16.7 Å². The van der Waals surface area contributed by atoms with Gasteiger partial charge in [-0.2, -0.15) is 13.2 Å². The lowest BCUT2D eigenvalue weighted by molar-refractivity contribution is -0.136. The van der Waals surface area contributed by atoms with Crippen LogP contribution < -0.4 is 5.32 Å². The number of carbonyl (C=O) groups excluding carboxylic acids is 2.